The van der Waals surface area contributed by atoms with Gasteiger partial charge in [0.15, 0.2) is 0 Å². The van der Waals surface area contributed by atoms with Crippen molar-refractivity contribution in [3.05, 3.63) is 26.6 Å². The van der Waals surface area contributed by atoms with Crippen LogP contribution in [0.15, 0.2) is 21.1 Å². The molecule has 108 valence electrons. The van der Waals surface area contributed by atoms with Crippen LogP contribution in [-0.2, 0) is 11.3 Å². The third kappa shape index (κ3) is 6.75. The predicted molar refractivity (Wildman–Crippen MR) is 85.5 cm³/mol. The first-order valence-corrected chi connectivity index (χ1v) is 8.08. The Morgan fingerprint density at radius 3 is 2.42 bits per heavy atom. The topological polar surface area (TPSA) is 41.5 Å². The fourth-order valence-electron chi connectivity index (χ4n) is 1.62. The molecule has 0 aromatic heterocycles. The van der Waals surface area contributed by atoms with Crippen LogP contribution in [0.25, 0.3) is 0 Å². The standard InChI is InChI=1S/C14H21Br2NO2/c1-10(2)19-6-4-3-5-17-9-11-7-12(15)14(18)13(16)8-11/h7-8,10,17-18H,3-6,9H2,1-2H3. The molecule has 3 nitrogen and oxygen atoms in total. The summed E-state index contributed by atoms with van der Waals surface area (Å²) in [6, 6.07) is 3.85. The van der Waals surface area contributed by atoms with Crippen LogP contribution in [0, 0.1) is 0 Å². The number of rotatable bonds is 8. The van der Waals surface area contributed by atoms with Gasteiger partial charge in [-0.3, -0.25) is 0 Å². The van der Waals surface area contributed by atoms with E-state index in [1.807, 2.05) is 12.1 Å². The summed E-state index contributed by atoms with van der Waals surface area (Å²) in [5, 5.41) is 13.0. The number of phenols is 1. The van der Waals surface area contributed by atoms with Gasteiger partial charge < -0.3 is 15.2 Å². The Balaban J connectivity index is 2.19. The minimum atomic E-state index is 0.245. The van der Waals surface area contributed by atoms with E-state index in [1.165, 1.54) is 0 Å². The van der Waals surface area contributed by atoms with E-state index < -0.39 is 0 Å². The van der Waals surface area contributed by atoms with Crippen molar-refractivity contribution in [2.45, 2.75) is 39.3 Å². The minimum Gasteiger partial charge on any atom is -0.506 e. The van der Waals surface area contributed by atoms with Gasteiger partial charge in [0.05, 0.1) is 15.0 Å². The molecule has 0 aliphatic carbocycles. The normalized spacial score (nSPS) is 11.2. The number of hydrogen-bond acceptors (Lipinski definition) is 3. The molecule has 19 heavy (non-hydrogen) atoms. The average molecular weight is 395 g/mol. The Kier molecular flexibility index (Phi) is 7.99. The van der Waals surface area contributed by atoms with Gasteiger partial charge in [-0.15, -0.1) is 0 Å². The molecule has 0 unspecified atom stereocenters. The van der Waals surface area contributed by atoms with Crippen LogP contribution < -0.4 is 5.32 Å². The molecule has 0 aliphatic rings. The van der Waals surface area contributed by atoms with Gasteiger partial charge in [0.2, 0.25) is 0 Å². The van der Waals surface area contributed by atoms with Crippen LogP contribution >= 0.6 is 31.9 Å². The predicted octanol–water partition coefficient (Wildman–Crippen LogP) is 4.21. The molecule has 1 rings (SSSR count). The molecule has 0 fully saturated rings. The lowest BCUT2D eigenvalue weighted by atomic mass is 10.2. The van der Waals surface area contributed by atoms with Gasteiger partial charge in [0, 0.05) is 13.2 Å². The molecule has 0 bridgehead atoms. The van der Waals surface area contributed by atoms with Crippen molar-refractivity contribution in [2.75, 3.05) is 13.2 Å². The molecule has 0 spiro atoms. The van der Waals surface area contributed by atoms with Gasteiger partial charge in [-0.05, 0) is 82.8 Å². The molecule has 5 heteroatoms. The second kappa shape index (κ2) is 8.95. The highest BCUT2D eigenvalue weighted by molar-refractivity contribution is 9.11. The average Bonchev–Trinajstić information content (AvgIpc) is 2.34. The maximum Gasteiger partial charge on any atom is 0.143 e. The molecule has 0 aliphatic heterocycles. The number of phenolic OH excluding ortho intramolecular Hbond substituents is 1. The maximum absolute atomic E-state index is 9.62. The van der Waals surface area contributed by atoms with E-state index in [2.05, 4.69) is 51.0 Å². The fourth-order valence-corrected chi connectivity index (χ4v) is 2.91. The third-order valence-corrected chi connectivity index (χ3v) is 3.81. The summed E-state index contributed by atoms with van der Waals surface area (Å²) in [6.07, 6.45) is 2.50. The second-order valence-corrected chi connectivity index (χ2v) is 6.42. The van der Waals surface area contributed by atoms with Crippen LogP contribution in [0.4, 0.5) is 0 Å². The smallest absolute Gasteiger partial charge is 0.143 e. The fraction of sp³-hybridized carbons (Fsp3) is 0.571. The van der Waals surface area contributed by atoms with Crippen LogP contribution in [0.5, 0.6) is 5.75 Å². The first kappa shape index (κ1) is 17.0. The summed E-state index contributed by atoms with van der Waals surface area (Å²) in [5.41, 5.74) is 1.13. The quantitative estimate of drug-likeness (QED) is 0.648. The molecule has 1 aromatic carbocycles. The Hall–Kier alpha value is -0.100. The summed E-state index contributed by atoms with van der Waals surface area (Å²) in [6.45, 7) is 6.70. The zero-order valence-electron chi connectivity index (χ0n) is 11.4. The molecule has 0 saturated carbocycles. The summed E-state index contributed by atoms with van der Waals surface area (Å²) < 4.78 is 6.91. The number of hydrogen-bond donors (Lipinski definition) is 2. The molecule has 0 radical (unpaired) electrons. The molecule has 2 N–H and O–H groups in total. The van der Waals surface area contributed by atoms with Crippen LogP contribution in [-0.4, -0.2) is 24.4 Å². The highest BCUT2D eigenvalue weighted by Crippen LogP contribution is 2.33. The zero-order valence-corrected chi connectivity index (χ0v) is 14.6. The van der Waals surface area contributed by atoms with Gasteiger partial charge in [0.25, 0.3) is 0 Å². The summed E-state index contributed by atoms with van der Waals surface area (Å²) in [5.74, 6) is 0.245. The third-order valence-electron chi connectivity index (χ3n) is 2.60. The maximum atomic E-state index is 9.62. The van der Waals surface area contributed by atoms with Gasteiger partial charge in [-0.2, -0.15) is 0 Å². The molecule has 0 atom stereocenters. The Morgan fingerprint density at radius 1 is 1.21 bits per heavy atom. The van der Waals surface area contributed by atoms with E-state index in [-0.39, 0.29) is 5.75 Å². The van der Waals surface area contributed by atoms with E-state index in [0.29, 0.717) is 15.0 Å². The van der Waals surface area contributed by atoms with Crippen LogP contribution in [0.2, 0.25) is 0 Å². The lowest BCUT2D eigenvalue weighted by Gasteiger charge is -2.09. The monoisotopic (exact) mass is 393 g/mol. The van der Waals surface area contributed by atoms with Gasteiger partial charge in [0.1, 0.15) is 5.75 Å². The van der Waals surface area contributed by atoms with E-state index in [1.54, 1.807) is 0 Å². The van der Waals surface area contributed by atoms with E-state index in [9.17, 15) is 5.11 Å². The van der Waals surface area contributed by atoms with E-state index in [0.717, 1.165) is 38.1 Å². The highest BCUT2D eigenvalue weighted by Gasteiger charge is 2.05. The number of nitrogens with one attached hydrogen (secondary N) is 1. The number of benzene rings is 1. The van der Waals surface area contributed by atoms with Crippen molar-refractivity contribution in [1.29, 1.82) is 0 Å². The SMILES string of the molecule is CC(C)OCCCCNCc1cc(Br)c(O)c(Br)c1. The van der Waals surface area contributed by atoms with Crippen molar-refractivity contribution < 1.29 is 9.84 Å². The number of halogens is 2. The van der Waals surface area contributed by atoms with Gasteiger partial charge in [-0.1, -0.05) is 0 Å². The Labute approximate surface area is 132 Å². The van der Waals surface area contributed by atoms with Crippen LogP contribution in [0.3, 0.4) is 0 Å². The Bertz CT molecular complexity index is 374. The van der Waals surface area contributed by atoms with E-state index >= 15 is 0 Å². The first-order chi connectivity index (χ1) is 9.00. The second-order valence-electron chi connectivity index (χ2n) is 4.71. The minimum absolute atomic E-state index is 0.245. The summed E-state index contributed by atoms with van der Waals surface area (Å²) in [4.78, 5) is 0. The number of unbranched alkanes of at least 4 members (excludes halogenated alkanes) is 1. The van der Waals surface area contributed by atoms with E-state index in [4.69, 9.17) is 4.74 Å². The lowest BCUT2D eigenvalue weighted by Crippen LogP contribution is -2.15. The number of aromatic hydroxyl groups is 1. The largest absolute Gasteiger partial charge is 0.506 e. The van der Waals surface area contributed by atoms with Gasteiger partial charge >= 0.3 is 0 Å². The van der Waals surface area contributed by atoms with Crippen molar-refractivity contribution in [1.82, 2.24) is 5.32 Å². The highest BCUT2D eigenvalue weighted by atomic mass is 79.9. The molecule has 0 heterocycles. The molecule has 1 aromatic rings. The summed E-state index contributed by atoms with van der Waals surface area (Å²) >= 11 is 6.66. The first-order valence-electron chi connectivity index (χ1n) is 6.50. The molecule has 0 amide bonds. The molecule has 0 saturated heterocycles. The van der Waals surface area contributed by atoms with Crippen molar-refractivity contribution in [3.8, 4) is 5.75 Å². The summed E-state index contributed by atoms with van der Waals surface area (Å²) in [7, 11) is 0. The molecular weight excluding hydrogens is 374 g/mol. The zero-order chi connectivity index (χ0) is 14.3. The van der Waals surface area contributed by atoms with Crippen molar-refractivity contribution in [3.63, 3.8) is 0 Å². The molecular formula is C14H21Br2NO2. The van der Waals surface area contributed by atoms with Crippen molar-refractivity contribution in [2.24, 2.45) is 0 Å². The van der Waals surface area contributed by atoms with Crippen molar-refractivity contribution >= 4 is 31.9 Å². The Morgan fingerprint density at radius 2 is 1.84 bits per heavy atom. The number of ether oxygens (including phenoxy) is 1. The van der Waals surface area contributed by atoms with Crippen LogP contribution in [0.1, 0.15) is 32.3 Å². The lowest BCUT2D eigenvalue weighted by molar-refractivity contribution is 0.0760. The van der Waals surface area contributed by atoms with Gasteiger partial charge in [-0.25, -0.2) is 0 Å².